The number of aromatic nitrogens is 2. The van der Waals surface area contributed by atoms with E-state index in [-0.39, 0.29) is 0 Å². The molecule has 0 N–H and O–H groups in total. The van der Waals surface area contributed by atoms with Crippen molar-refractivity contribution in [3.8, 4) is 44.8 Å². The Balaban J connectivity index is 1.13. The SMILES string of the molecule is c1ccc(-c2ccc3c(c2)c2ccccc2n3-c2ccccc2-c2ccc(-c3cccc4c5ccccc5n(-c5ccccc5)c34)cc2)cc1. The Morgan fingerprint density at radius 3 is 1.56 bits per heavy atom. The molecular formula is C48H32N2. The summed E-state index contributed by atoms with van der Waals surface area (Å²) in [6.45, 7) is 0. The number of rotatable bonds is 5. The number of para-hydroxylation sites is 5. The number of benzene rings is 8. The van der Waals surface area contributed by atoms with Crippen LogP contribution >= 0.6 is 0 Å². The van der Waals surface area contributed by atoms with E-state index in [1.165, 1.54) is 88.4 Å². The van der Waals surface area contributed by atoms with Crippen molar-refractivity contribution in [1.82, 2.24) is 9.13 Å². The van der Waals surface area contributed by atoms with E-state index in [1.54, 1.807) is 0 Å². The van der Waals surface area contributed by atoms with Gasteiger partial charge in [0.25, 0.3) is 0 Å². The number of hydrogen-bond donors (Lipinski definition) is 0. The Bertz CT molecular complexity index is 2840. The molecule has 0 fully saturated rings. The van der Waals surface area contributed by atoms with Crippen molar-refractivity contribution < 1.29 is 0 Å². The van der Waals surface area contributed by atoms with Gasteiger partial charge in [0.2, 0.25) is 0 Å². The minimum atomic E-state index is 1.17. The van der Waals surface area contributed by atoms with E-state index < -0.39 is 0 Å². The van der Waals surface area contributed by atoms with Crippen molar-refractivity contribution in [3.63, 3.8) is 0 Å². The van der Waals surface area contributed by atoms with Crippen LogP contribution in [0.25, 0.3) is 88.4 Å². The Labute approximate surface area is 290 Å². The molecule has 0 saturated carbocycles. The molecule has 0 aliphatic rings. The second-order valence-electron chi connectivity index (χ2n) is 12.9. The summed E-state index contributed by atoms with van der Waals surface area (Å²) in [6.07, 6.45) is 0. The molecule has 0 bridgehead atoms. The maximum absolute atomic E-state index is 2.43. The summed E-state index contributed by atoms with van der Waals surface area (Å²) in [7, 11) is 0. The van der Waals surface area contributed by atoms with Gasteiger partial charge in [-0.25, -0.2) is 0 Å². The van der Waals surface area contributed by atoms with Crippen LogP contribution in [0.5, 0.6) is 0 Å². The smallest absolute Gasteiger partial charge is 0.0619 e. The second-order valence-corrected chi connectivity index (χ2v) is 12.9. The first kappa shape index (κ1) is 28.4. The molecule has 2 nitrogen and oxygen atoms in total. The summed E-state index contributed by atoms with van der Waals surface area (Å²) in [4.78, 5) is 0. The lowest BCUT2D eigenvalue weighted by molar-refractivity contribution is 1.18. The predicted molar refractivity (Wildman–Crippen MR) is 211 cm³/mol. The number of nitrogens with zero attached hydrogens (tertiary/aromatic N) is 2. The molecule has 0 saturated heterocycles. The molecular weight excluding hydrogens is 605 g/mol. The third-order valence-electron chi connectivity index (χ3n) is 10.1. The number of fused-ring (bicyclic) bond motifs is 6. The van der Waals surface area contributed by atoms with Crippen LogP contribution in [-0.2, 0) is 0 Å². The summed E-state index contributed by atoms with van der Waals surface area (Å²) in [5, 5.41) is 5.04. The van der Waals surface area contributed by atoms with Gasteiger partial charge in [-0.15, -0.1) is 0 Å². The fourth-order valence-electron chi connectivity index (χ4n) is 7.88. The van der Waals surface area contributed by atoms with Crippen molar-refractivity contribution in [1.29, 1.82) is 0 Å². The molecule has 0 unspecified atom stereocenters. The second kappa shape index (κ2) is 11.5. The normalized spacial score (nSPS) is 11.6. The standard InChI is InChI=1S/C48H32N2/c1-3-14-33(15-4-1)36-30-31-47-43(32-36)41-20-9-12-25-46(41)50(47)44-23-10-7-18-38(44)34-26-28-35(29-27-34)39-21-13-22-42-40-19-8-11-24-45(40)49(48(39)42)37-16-5-2-6-17-37/h1-32H. The Kier molecular flexibility index (Phi) is 6.53. The van der Waals surface area contributed by atoms with Gasteiger partial charge in [-0.3, -0.25) is 0 Å². The predicted octanol–water partition coefficient (Wildman–Crippen LogP) is 12.9. The molecule has 50 heavy (non-hydrogen) atoms. The number of hydrogen-bond acceptors (Lipinski definition) is 0. The molecule has 234 valence electrons. The topological polar surface area (TPSA) is 9.86 Å². The molecule has 10 rings (SSSR count). The van der Waals surface area contributed by atoms with Crippen LogP contribution in [0.4, 0.5) is 0 Å². The Morgan fingerprint density at radius 2 is 0.800 bits per heavy atom. The summed E-state index contributed by atoms with van der Waals surface area (Å²) in [5.74, 6) is 0. The van der Waals surface area contributed by atoms with Crippen molar-refractivity contribution >= 4 is 43.6 Å². The molecule has 2 heteroatoms. The highest BCUT2D eigenvalue weighted by atomic mass is 15.0. The average molecular weight is 637 g/mol. The van der Waals surface area contributed by atoms with Crippen molar-refractivity contribution in [2.45, 2.75) is 0 Å². The van der Waals surface area contributed by atoms with Gasteiger partial charge in [0, 0.05) is 38.4 Å². The third-order valence-corrected chi connectivity index (χ3v) is 10.1. The van der Waals surface area contributed by atoms with E-state index in [4.69, 9.17) is 0 Å². The van der Waals surface area contributed by atoms with Gasteiger partial charge < -0.3 is 9.13 Å². The molecule has 0 atom stereocenters. The maximum Gasteiger partial charge on any atom is 0.0619 e. The summed E-state index contributed by atoms with van der Waals surface area (Å²) < 4.78 is 4.84. The monoisotopic (exact) mass is 636 g/mol. The fourth-order valence-corrected chi connectivity index (χ4v) is 7.88. The van der Waals surface area contributed by atoms with E-state index >= 15 is 0 Å². The van der Waals surface area contributed by atoms with Gasteiger partial charge in [0.05, 0.1) is 27.8 Å². The lowest BCUT2D eigenvalue weighted by Gasteiger charge is -2.15. The lowest BCUT2D eigenvalue weighted by atomic mass is 9.97. The summed E-state index contributed by atoms with van der Waals surface area (Å²) in [5.41, 5.74) is 14.5. The zero-order valence-electron chi connectivity index (χ0n) is 27.4. The summed E-state index contributed by atoms with van der Waals surface area (Å²) >= 11 is 0. The molecule has 0 aliphatic carbocycles. The lowest BCUT2D eigenvalue weighted by Crippen LogP contribution is -1.97. The minimum Gasteiger partial charge on any atom is -0.309 e. The Morgan fingerprint density at radius 1 is 0.280 bits per heavy atom. The minimum absolute atomic E-state index is 1.17. The first-order chi connectivity index (χ1) is 24.8. The maximum atomic E-state index is 2.43. The molecule has 10 aromatic rings. The van der Waals surface area contributed by atoms with Crippen LogP contribution in [0.3, 0.4) is 0 Å². The van der Waals surface area contributed by atoms with Gasteiger partial charge in [0.1, 0.15) is 0 Å². The highest BCUT2D eigenvalue weighted by Gasteiger charge is 2.18. The molecule has 2 heterocycles. The molecule has 2 aromatic heterocycles. The van der Waals surface area contributed by atoms with Crippen LogP contribution < -0.4 is 0 Å². The first-order valence-electron chi connectivity index (χ1n) is 17.2. The van der Waals surface area contributed by atoms with E-state index in [2.05, 4.69) is 203 Å². The van der Waals surface area contributed by atoms with Gasteiger partial charge in [-0.2, -0.15) is 0 Å². The van der Waals surface area contributed by atoms with Gasteiger partial charge in [-0.1, -0.05) is 152 Å². The highest BCUT2D eigenvalue weighted by Crippen LogP contribution is 2.40. The van der Waals surface area contributed by atoms with Crippen LogP contribution in [-0.4, -0.2) is 9.13 Å². The van der Waals surface area contributed by atoms with Gasteiger partial charge >= 0.3 is 0 Å². The largest absolute Gasteiger partial charge is 0.309 e. The molecule has 0 aliphatic heterocycles. The van der Waals surface area contributed by atoms with Crippen LogP contribution in [0, 0.1) is 0 Å². The van der Waals surface area contributed by atoms with Crippen molar-refractivity contribution in [2.24, 2.45) is 0 Å². The van der Waals surface area contributed by atoms with Crippen molar-refractivity contribution in [3.05, 3.63) is 194 Å². The van der Waals surface area contributed by atoms with E-state index in [1.807, 2.05) is 0 Å². The quantitative estimate of drug-likeness (QED) is 0.178. The molecule has 8 aromatic carbocycles. The van der Waals surface area contributed by atoms with Crippen LogP contribution in [0.2, 0.25) is 0 Å². The molecule has 0 amide bonds. The zero-order valence-corrected chi connectivity index (χ0v) is 27.4. The summed E-state index contributed by atoms with van der Waals surface area (Å²) in [6, 6.07) is 70.3. The average Bonchev–Trinajstić information content (AvgIpc) is 3.71. The first-order valence-corrected chi connectivity index (χ1v) is 17.2. The van der Waals surface area contributed by atoms with E-state index in [0.29, 0.717) is 0 Å². The van der Waals surface area contributed by atoms with Crippen LogP contribution in [0.1, 0.15) is 0 Å². The van der Waals surface area contributed by atoms with E-state index in [0.717, 1.165) is 0 Å². The van der Waals surface area contributed by atoms with Gasteiger partial charge in [0.15, 0.2) is 0 Å². The van der Waals surface area contributed by atoms with Crippen LogP contribution in [0.15, 0.2) is 194 Å². The van der Waals surface area contributed by atoms with Crippen molar-refractivity contribution in [2.75, 3.05) is 0 Å². The zero-order chi connectivity index (χ0) is 33.0. The Hall–Kier alpha value is -6.64. The molecule has 0 spiro atoms. The third kappa shape index (κ3) is 4.43. The molecule has 0 radical (unpaired) electrons. The highest BCUT2D eigenvalue weighted by molar-refractivity contribution is 6.14. The van der Waals surface area contributed by atoms with E-state index in [9.17, 15) is 0 Å². The fraction of sp³-hybridized carbons (Fsp3) is 0. The van der Waals surface area contributed by atoms with Gasteiger partial charge in [-0.05, 0) is 64.7 Å².